The zero-order chi connectivity index (χ0) is 14.8. The zero-order valence-corrected chi connectivity index (χ0v) is 13.0. The lowest BCUT2D eigenvalue weighted by Crippen LogP contribution is -2.26. The molecule has 1 unspecified atom stereocenters. The Morgan fingerprint density at radius 1 is 1.32 bits per heavy atom. The highest BCUT2D eigenvalue weighted by atomic mass is 79.9. The molecule has 0 aromatic carbocycles. The molecule has 1 N–H and O–H groups in total. The van der Waals surface area contributed by atoms with Crippen LogP contribution in [0, 0.1) is 11.3 Å². The van der Waals surface area contributed by atoms with E-state index < -0.39 is 11.7 Å². The second-order valence-electron chi connectivity index (χ2n) is 5.70. The van der Waals surface area contributed by atoms with Gasteiger partial charge in [0.15, 0.2) is 0 Å². The van der Waals surface area contributed by atoms with Crippen LogP contribution in [0.25, 0.3) is 0 Å². The van der Waals surface area contributed by atoms with Gasteiger partial charge in [-0.05, 0) is 33.3 Å². The number of pyridine rings is 1. The van der Waals surface area contributed by atoms with Crippen LogP contribution in [0.5, 0.6) is 0 Å². The summed E-state index contributed by atoms with van der Waals surface area (Å²) < 4.78 is 39.0. The Balaban J connectivity index is 2.90. The van der Waals surface area contributed by atoms with E-state index in [0.29, 0.717) is 11.0 Å². The first-order valence-electron chi connectivity index (χ1n) is 5.98. The predicted octanol–water partition coefficient (Wildman–Crippen LogP) is 4.96. The summed E-state index contributed by atoms with van der Waals surface area (Å²) >= 11 is 3.01. The molecule has 0 aliphatic carbocycles. The maximum atomic E-state index is 12.9. The zero-order valence-electron chi connectivity index (χ0n) is 11.4. The lowest BCUT2D eigenvalue weighted by Gasteiger charge is -2.28. The van der Waals surface area contributed by atoms with Gasteiger partial charge in [0.25, 0.3) is 0 Å². The summed E-state index contributed by atoms with van der Waals surface area (Å²) in [6, 6.07) is 1.04. The number of hydrogen-bond donors (Lipinski definition) is 1. The van der Waals surface area contributed by atoms with Crippen molar-refractivity contribution in [2.75, 3.05) is 11.9 Å². The molecule has 1 aromatic heterocycles. The van der Waals surface area contributed by atoms with Crippen LogP contribution >= 0.6 is 15.9 Å². The highest BCUT2D eigenvalue weighted by Crippen LogP contribution is 2.35. The maximum Gasteiger partial charge on any atom is 0.419 e. The molecule has 1 heterocycles. The van der Waals surface area contributed by atoms with Crippen molar-refractivity contribution >= 4 is 21.7 Å². The molecule has 0 fully saturated rings. The highest BCUT2D eigenvalue weighted by Gasteiger charge is 2.35. The van der Waals surface area contributed by atoms with Crippen LogP contribution in [0.4, 0.5) is 19.0 Å². The van der Waals surface area contributed by atoms with Gasteiger partial charge in [-0.2, -0.15) is 13.2 Å². The number of nitrogens with one attached hydrogen (secondary N) is 1. The molecular formula is C13H18BrF3N2. The van der Waals surface area contributed by atoms with Gasteiger partial charge in [0.2, 0.25) is 0 Å². The third-order valence-electron chi connectivity index (χ3n) is 3.21. The van der Waals surface area contributed by atoms with E-state index in [9.17, 15) is 13.2 Å². The van der Waals surface area contributed by atoms with Crippen molar-refractivity contribution in [2.24, 2.45) is 11.3 Å². The Hall–Kier alpha value is -0.780. The quantitative estimate of drug-likeness (QED) is 0.842. The largest absolute Gasteiger partial charge is 0.419 e. The lowest BCUT2D eigenvalue weighted by molar-refractivity contribution is -0.137. The van der Waals surface area contributed by atoms with E-state index in [1.807, 2.05) is 6.92 Å². The van der Waals surface area contributed by atoms with E-state index in [-0.39, 0.29) is 17.2 Å². The molecule has 0 aliphatic rings. The molecule has 0 saturated carbocycles. The molecule has 0 bridgehead atoms. The molecule has 2 nitrogen and oxygen atoms in total. The molecular weight excluding hydrogens is 321 g/mol. The number of nitrogens with zero attached hydrogens (tertiary/aromatic N) is 1. The third-order valence-corrected chi connectivity index (χ3v) is 3.65. The second kappa shape index (κ2) is 5.69. The number of alkyl halides is 3. The van der Waals surface area contributed by atoms with Gasteiger partial charge in [-0.25, -0.2) is 4.98 Å². The minimum Gasteiger partial charge on any atom is -0.369 e. The van der Waals surface area contributed by atoms with Gasteiger partial charge in [0.05, 0.1) is 5.56 Å². The molecule has 108 valence electrons. The van der Waals surface area contributed by atoms with Gasteiger partial charge >= 0.3 is 6.18 Å². The standard InChI is InChI=1S/C13H18BrF3N2/c1-8(12(2,3)4)6-18-11-10(13(15,16)17)5-9(14)7-19-11/h5,7-8H,6H2,1-4H3,(H,18,19). The fraction of sp³-hybridized carbons (Fsp3) is 0.615. The molecule has 1 aromatic rings. The number of hydrogen-bond acceptors (Lipinski definition) is 2. The first-order valence-corrected chi connectivity index (χ1v) is 6.77. The summed E-state index contributed by atoms with van der Waals surface area (Å²) in [5, 5.41) is 2.80. The Morgan fingerprint density at radius 3 is 2.37 bits per heavy atom. The molecule has 0 amide bonds. The first-order chi connectivity index (χ1) is 8.51. The SMILES string of the molecule is CC(CNc1ncc(Br)cc1C(F)(F)F)C(C)(C)C. The number of aromatic nitrogens is 1. The van der Waals surface area contributed by atoms with Crippen molar-refractivity contribution in [1.29, 1.82) is 0 Å². The van der Waals surface area contributed by atoms with Crippen LogP contribution in [-0.2, 0) is 6.18 Å². The summed E-state index contributed by atoms with van der Waals surface area (Å²) in [7, 11) is 0. The second-order valence-corrected chi connectivity index (χ2v) is 6.61. The van der Waals surface area contributed by atoms with Crippen molar-refractivity contribution in [3.63, 3.8) is 0 Å². The summed E-state index contributed by atoms with van der Waals surface area (Å²) in [4.78, 5) is 3.82. The number of anilines is 1. The van der Waals surface area contributed by atoms with Crippen molar-refractivity contribution in [2.45, 2.75) is 33.9 Å². The van der Waals surface area contributed by atoms with Gasteiger partial charge in [-0.15, -0.1) is 0 Å². The van der Waals surface area contributed by atoms with Crippen LogP contribution in [0.1, 0.15) is 33.3 Å². The number of rotatable bonds is 3. The maximum absolute atomic E-state index is 12.9. The van der Waals surface area contributed by atoms with Crippen LogP contribution in [0.15, 0.2) is 16.7 Å². The molecule has 0 spiro atoms. The van der Waals surface area contributed by atoms with Crippen molar-refractivity contribution in [1.82, 2.24) is 4.98 Å². The molecule has 0 aliphatic heterocycles. The molecule has 1 rings (SSSR count). The van der Waals surface area contributed by atoms with E-state index >= 15 is 0 Å². The van der Waals surface area contributed by atoms with Crippen LogP contribution in [0.2, 0.25) is 0 Å². The van der Waals surface area contributed by atoms with Crippen molar-refractivity contribution in [3.8, 4) is 0 Å². The van der Waals surface area contributed by atoms with Crippen LogP contribution in [0.3, 0.4) is 0 Å². The monoisotopic (exact) mass is 338 g/mol. The van der Waals surface area contributed by atoms with Gasteiger partial charge in [0.1, 0.15) is 5.82 Å². The van der Waals surface area contributed by atoms with E-state index in [1.165, 1.54) is 6.20 Å². The average molecular weight is 339 g/mol. The molecule has 6 heteroatoms. The highest BCUT2D eigenvalue weighted by molar-refractivity contribution is 9.10. The van der Waals surface area contributed by atoms with Gasteiger partial charge < -0.3 is 5.32 Å². The summed E-state index contributed by atoms with van der Waals surface area (Å²) in [5.41, 5.74) is -0.719. The minimum atomic E-state index is -4.41. The average Bonchev–Trinajstić information content (AvgIpc) is 2.24. The molecule has 1 atom stereocenters. The van der Waals surface area contributed by atoms with Gasteiger partial charge in [-0.1, -0.05) is 27.7 Å². The Bertz CT molecular complexity index is 438. The van der Waals surface area contributed by atoms with E-state index in [4.69, 9.17) is 0 Å². The Kier molecular flexibility index (Phi) is 4.87. The van der Waals surface area contributed by atoms with E-state index in [2.05, 4.69) is 47.0 Å². The topological polar surface area (TPSA) is 24.9 Å². The normalized spacial score (nSPS) is 14.3. The predicted molar refractivity (Wildman–Crippen MR) is 74.0 cm³/mol. The summed E-state index contributed by atoms with van der Waals surface area (Å²) in [5.74, 6) is 0.103. The molecule has 0 saturated heterocycles. The molecule has 19 heavy (non-hydrogen) atoms. The third kappa shape index (κ3) is 4.67. The Labute approximate surface area is 119 Å². The summed E-state index contributed by atoms with van der Waals surface area (Å²) in [6.45, 7) is 8.61. The minimum absolute atomic E-state index is 0.0285. The van der Waals surface area contributed by atoms with E-state index in [0.717, 1.165) is 6.07 Å². The smallest absolute Gasteiger partial charge is 0.369 e. The summed E-state index contributed by atoms with van der Waals surface area (Å²) in [6.07, 6.45) is -3.05. The van der Waals surface area contributed by atoms with Gasteiger partial charge in [-0.3, -0.25) is 0 Å². The van der Waals surface area contributed by atoms with E-state index in [1.54, 1.807) is 0 Å². The molecule has 0 radical (unpaired) electrons. The lowest BCUT2D eigenvalue weighted by atomic mass is 9.82. The van der Waals surface area contributed by atoms with Crippen LogP contribution < -0.4 is 5.32 Å². The first kappa shape index (κ1) is 16.3. The Morgan fingerprint density at radius 2 is 1.89 bits per heavy atom. The van der Waals surface area contributed by atoms with Crippen molar-refractivity contribution < 1.29 is 13.2 Å². The van der Waals surface area contributed by atoms with Crippen molar-refractivity contribution in [3.05, 3.63) is 22.3 Å². The van der Waals surface area contributed by atoms with Gasteiger partial charge in [0, 0.05) is 17.2 Å². The fourth-order valence-corrected chi connectivity index (χ4v) is 1.68. The van der Waals surface area contributed by atoms with Crippen LogP contribution in [-0.4, -0.2) is 11.5 Å². The number of halogens is 4. The fourth-order valence-electron chi connectivity index (χ4n) is 1.35.